The topological polar surface area (TPSA) is 70.2 Å². The van der Waals surface area contributed by atoms with E-state index in [9.17, 15) is 13.6 Å². The van der Waals surface area contributed by atoms with Gasteiger partial charge in [-0.25, -0.2) is 4.39 Å². The molecule has 0 spiro atoms. The Hall–Kier alpha value is -4.04. The number of nitrogens with zero attached hydrogens (tertiary/aromatic N) is 2. The number of aromatic amines is 1. The molecule has 1 aromatic heterocycles. The lowest BCUT2D eigenvalue weighted by Crippen LogP contribution is -2.22. The minimum absolute atomic E-state index is 0.0553. The summed E-state index contributed by atoms with van der Waals surface area (Å²) in [6.45, 7) is 3.64. The van der Waals surface area contributed by atoms with Crippen LogP contribution in [-0.2, 0) is 4.79 Å². The number of carbonyl (C=O) groups excluding carboxylic acids is 1. The van der Waals surface area contributed by atoms with E-state index in [1.165, 1.54) is 17.1 Å². The molecule has 1 atom stereocenters. The van der Waals surface area contributed by atoms with E-state index < -0.39 is 11.9 Å². The van der Waals surface area contributed by atoms with Gasteiger partial charge in [-0.15, -0.1) is 5.10 Å². The molecule has 38 heavy (non-hydrogen) atoms. The van der Waals surface area contributed by atoms with Crippen molar-refractivity contribution < 1.29 is 18.3 Å². The van der Waals surface area contributed by atoms with E-state index in [-0.39, 0.29) is 11.7 Å². The van der Waals surface area contributed by atoms with Crippen LogP contribution in [0.3, 0.4) is 0 Å². The first kappa shape index (κ1) is 27.0. The monoisotopic (exact) mass is 518 g/mol. The minimum Gasteiger partial charge on any atom is -0.492 e. The number of hydrogen-bond acceptors (Lipinski definition) is 4. The van der Waals surface area contributed by atoms with E-state index in [0.717, 1.165) is 22.3 Å². The molecule has 1 amide bonds. The summed E-state index contributed by atoms with van der Waals surface area (Å²) in [6.07, 6.45) is 8.99. The van der Waals surface area contributed by atoms with Crippen molar-refractivity contribution in [3.63, 3.8) is 0 Å². The van der Waals surface area contributed by atoms with Crippen LogP contribution >= 0.6 is 0 Å². The number of halogens is 2. The van der Waals surface area contributed by atoms with Gasteiger partial charge >= 0.3 is 0 Å². The highest BCUT2D eigenvalue weighted by atomic mass is 19.1. The summed E-state index contributed by atoms with van der Waals surface area (Å²) in [6, 6.07) is 13.1. The fourth-order valence-corrected chi connectivity index (χ4v) is 4.42. The highest BCUT2D eigenvalue weighted by molar-refractivity contribution is 5.89. The average molecular weight is 519 g/mol. The molecule has 198 valence electrons. The smallest absolute Gasteiger partial charge is 0.245 e. The quantitative estimate of drug-likeness (QED) is 0.257. The van der Waals surface area contributed by atoms with Crippen LogP contribution in [0.4, 0.5) is 8.78 Å². The molecule has 0 saturated carbocycles. The summed E-state index contributed by atoms with van der Waals surface area (Å²) in [7, 11) is 3.42. The molecule has 0 saturated heterocycles. The van der Waals surface area contributed by atoms with Crippen LogP contribution < -0.4 is 10.1 Å². The van der Waals surface area contributed by atoms with Gasteiger partial charge in [0, 0.05) is 33.3 Å². The Kier molecular flexibility index (Phi) is 8.86. The zero-order valence-electron chi connectivity index (χ0n) is 21.8. The zero-order valence-corrected chi connectivity index (χ0v) is 21.8. The lowest BCUT2D eigenvalue weighted by molar-refractivity contribution is -0.123. The van der Waals surface area contributed by atoms with Crippen molar-refractivity contribution in [3.8, 4) is 5.75 Å². The molecule has 1 aliphatic carbocycles. The maximum Gasteiger partial charge on any atom is 0.245 e. The Morgan fingerprint density at radius 2 is 1.92 bits per heavy atom. The minimum atomic E-state index is -0.566. The molecule has 6 nitrogen and oxygen atoms in total. The molecule has 2 N–H and O–H groups in total. The van der Waals surface area contributed by atoms with Gasteiger partial charge in [0.2, 0.25) is 11.9 Å². The maximum atomic E-state index is 14.7. The van der Waals surface area contributed by atoms with E-state index in [1.807, 2.05) is 43.3 Å². The van der Waals surface area contributed by atoms with Crippen LogP contribution in [0.2, 0.25) is 0 Å². The molecule has 1 aliphatic rings. The van der Waals surface area contributed by atoms with Crippen LogP contribution in [0.1, 0.15) is 24.5 Å². The predicted molar refractivity (Wildman–Crippen MR) is 147 cm³/mol. The summed E-state index contributed by atoms with van der Waals surface area (Å²) in [5, 5.41) is 9.95. The second-order valence-corrected chi connectivity index (χ2v) is 9.15. The van der Waals surface area contributed by atoms with Gasteiger partial charge in [-0.2, -0.15) is 4.39 Å². The summed E-state index contributed by atoms with van der Waals surface area (Å²) in [5.74, 6) is -0.578. The van der Waals surface area contributed by atoms with Gasteiger partial charge in [-0.1, -0.05) is 43.4 Å². The first-order valence-corrected chi connectivity index (χ1v) is 12.6. The third-order valence-corrected chi connectivity index (χ3v) is 6.39. The molecule has 0 fully saturated rings. The van der Waals surface area contributed by atoms with Crippen LogP contribution in [0, 0.1) is 11.9 Å². The van der Waals surface area contributed by atoms with Crippen molar-refractivity contribution >= 4 is 22.4 Å². The molecule has 1 heterocycles. The molecular weight excluding hydrogens is 486 g/mol. The third-order valence-electron chi connectivity index (χ3n) is 6.39. The van der Waals surface area contributed by atoms with Crippen LogP contribution in [-0.4, -0.2) is 54.8 Å². The van der Waals surface area contributed by atoms with Crippen molar-refractivity contribution in [1.29, 1.82) is 0 Å². The maximum absolute atomic E-state index is 14.7. The van der Waals surface area contributed by atoms with Gasteiger partial charge in [0.1, 0.15) is 18.2 Å². The summed E-state index contributed by atoms with van der Waals surface area (Å²) >= 11 is 0. The number of H-pyrrole nitrogens is 1. The molecule has 0 aliphatic heterocycles. The highest BCUT2D eigenvalue weighted by Gasteiger charge is 2.23. The first-order valence-electron chi connectivity index (χ1n) is 12.6. The number of ether oxygens (including phenoxy) is 1. The molecule has 0 radical (unpaired) electrons. The third kappa shape index (κ3) is 6.26. The standard InChI is InChI=1S/C30H32F2N4O2/c1-4-23(24-7-5-8-26(24)31)29(21-12-15-27-25(19-21)30(32)35-34-27)20-10-13-22(14-11-20)38-18-17-33-16-6-9-28(37)36(2)3/h5-15,19,24,33H,4,16-18H2,1-3H3,(H,34,35)/b9-6+,29-23+. The van der Waals surface area contributed by atoms with E-state index in [4.69, 9.17) is 4.74 Å². The van der Waals surface area contributed by atoms with Gasteiger partial charge in [-0.3, -0.25) is 9.89 Å². The first-order chi connectivity index (χ1) is 18.4. The largest absolute Gasteiger partial charge is 0.492 e. The second kappa shape index (κ2) is 12.5. The number of carbonyl (C=O) groups is 1. The Labute approximate surface area is 221 Å². The summed E-state index contributed by atoms with van der Waals surface area (Å²) < 4.78 is 34.9. The predicted octanol–water partition coefficient (Wildman–Crippen LogP) is 5.57. The van der Waals surface area contributed by atoms with Crippen LogP contribution in [0.15, 0.2) is 84.2 Å². The molecule has 8 heteroatoms. The van der Waals surface area contributed by atoms with Crippen molar-refractivity contribution in [2.45, 2.75) is 13.3 Å². The van der Waals surface area contributed by atoms with E-state index >= 15 is 0 Å². The van der Waals surface area contributed by atoms with Crippen molar-refractivity contribution in [2.24, 2.45) is 5.92 Å². The number of hydrogen-bond donors (Lipinski definition) is 2. The number of benzene rings is 2. The van der Waals surface area contributed by atoms with Crippen molar-refractivity contribution in [2.75, 3.05) is 33.8 Å². The summed E-state index contributed by atoms with van der Waals surface area (Å²) in [4.78, 5) is 13.0. The number of amides is 1. The van der Waals surface area contributed by atoms with Crippen molar-refractivity contribution in [1.82, 2.24) is 20.4 Å². The van der Waals surface area contributed by atoms with Crippen LogP contribution in [0.5, 0.6) is 5.75 Å². The number of fused-ring (bicyclic) bond motifs is 1. The van der Waals surface area contributed by atoms with Crippen LogP contribution in [0.25, 0.3) is 16.5 Å². The molecular formula is C30H32F2N4O2. The number of nitrogens with one attached hydrogen (secondary N) is 2. The van der Waals surface area contributed by atoms with Gasteiger partial charge in [-0.05, 0) is 59.0 Å². The molecule has 3 aromatic rings. The van der Waals surface area contributed by atoms with E-state index in [1.54, 1.807) is 38.4 Å². The lowest BCUT2D eigenvalue weighted by atomic mass is 9.85. The van der Waals surface area contributed by atoms with Gasteiger partial charge in [0.15, 0.2) is 0 Å². The normalized spacial score (nSPS) is 15.7. The molecule has 2 aromatic carbocycles. The van der Waals surface area contributed by atoms with Gasteiger partial charge < -0.3 is 15.0 Å². The van der Waals surface area contributed by atoms with Crippen molar-refractivity contribution in [3.05, 3.63) is 101 Å². The van der Waals surface area contributed by atoms with E-state index in [0.29, 0.717) is 42.8 Å². The Morgan fingerprint density at radius 1 is 1.16 bits per heavy atom. The molecule has 0 bridgehead atoms. The lowest BCUT2D eigenvalue weighted by Gasteiger charge is -2.20. The Bertz CT molecular complexity index is 1400. The fourth-order valence-electron chi connectivity index (χ4n) is 4.42. The highest BCUT2D eigenvalue weighted by Crippen LogP contribution is 2.39. The zero-order chi connectivity index (χ0) is 27.1. The Balaban J connectivity index is 1.52. The van der Waals surface area contributed by atoms with E-state index in [2.05, 4.69) is 15.5 Å². The number of aromatic nitrogens is 2. The number of likely N-dealkylation sites (N-methyl/N-ethyl adjacent to an activating group) is 1. The molecule has 4 rings (SSSR count). The fraction of sp³-hybridized carbons (Fsp3) is 0.267. The second-order valence-electron chi connectivity index (χ2n) is 9.15. The molecule has 1 unspecified atom stereocenters. The number of allylic oxidation sites excluding steroid dienone is 5. The average Bonchev–Trinajstić information content (AvgIpc) is 3.51. The number of rotatable bonds is 11. The Morgan fingerprint density at radius 3 is 2.61 bits per heavy atom. The van der Waals surface area contributed by atoms with Gasteiger partial charge in [0.25, 0.3) is 0 Å². The SMILES string of the molecule is CC/C(=C(/c1ccc(OCCNC/C=C/C(=O)N(C)C)cc1)c1ccc2[nH]nc(F)c2c1)C1C=CC=C1F. The summed E-state index contributed by atoms with van der Waals surface area (Å²) in [5.41, 5.74) is 4.06. The van der Waals surface area contributed by atoms with Gasteiger partial charge in [0.05, 0.1) is 16.8 Å².